The SMILES string of the molecule is ClCC1CCCN(Cc2ccc(Br)cn2)C1. The van der Waals surface area contributed by atoms with E-state index in [1.165, 1.54) is 19.4 Å². The van der Waals surface area contributed by atoms with Crippen LogP contribution >= 0.6 is 27.5 Å². The molecule has 1 unspecified atom stereocenters. The van der Waals surface area contributed by atoms with Crippen LogP contribution in [-0.4, -0.2) is 28.9 Å². The van der Waals surface area contributed by atoms with E-state index in [1.54, 1.807) is 0 Å². The molecule has 1 fully saturated rings. The van der Waals surface area contributed by atoms with E-state index in [0.29, 0.717) is 5.92 Å². The third kappa shape index (κ3) is 3.44. The average Bonchev–Trinajstić information content (AvgIpc) is 2.32. The fourth-order valence-corrected chi connectivity index (χ4v) is 2.64. The number of hydrogen-bond acceptors (Lipinski definition) is 2. The second-order valence-electron chi connectivity index (χ2n) is 4.37. The van der Waals surface area contributed by atoms with Gasteiger partial charge in [0.15, 0.2) is 0 Å². The number of halogens is 2. The number of piperidine rings is 1. The lowest BCUT2D eigenvalue weighted by Crippen LogP contribution is -2.35. The number of alkyl halides is 1. The highest BCUT2D eigenvalue weighted by atomic mass is 79.9. The van der Waals surface area contributed by atoms with Crippen LogP contribution in [0.4, 0.5) is 0 Å². The van der Waals surface area contributed by atoms with Gasteiger partial charge in [0.2, 0.25) is 0 Å². The minimum atomic E-state index is 0.658. The van der Waals surface area contributed by atoms with Crippen molar-refractivity contribution in [2.24, 2.45) is 5.92 Å². The molecule has 0 aliphatic carbocycles. The molecule has 0 bridgehead atoms. The highest BCUT2D eigenvalue weighted by molar-refractivity contribution is 9.10. The summed E-state index contributed by atoms with van der Waals surface area (Å²) in [4.78, 5) is 6.85. The summed E-state index contributed by atoms with van der Waals surface area (Å²) >= 11 is 9.32. The quantitative estimate of drug-likeness (QED) is 0.797. The van der Waals surface area contributed by atoms with Crippen LogP contribution < -0.4 is 0 Å². The zero-order valence-electron chi connectivity index (χ0n) is 9.20. The Bertz CT molecular complexity index is 328. The number of aromatic nitrogens is 1. The molecular weight excluding hydrogens is 288 g/mol. The summed E-state index contributed by atoms with van der Waals surface area (Å²) in [6, 6.07) is 4.12. The van der Waals surface area contributed by atoms with E-state index in [2.05, 4.69) is 31.9 Å². The predicted octanol–water partition coefficient (Wildman–Crippen LogP) is 3.29. The first kappa shape index (κ1) is 12.3. The van der Waals surface area contributed by atoms with Crippen LogP contribution in [0.3, 0.4) is 0 Å². The van der Waals surface area contributed by atoms with Gasteiger partial charge in [-0.1, -0.05) is 0 Å². The summed E-state index contributed by atoms with van der Waals surface area (Å²) in [6.07, 6.45) is 4.39. The Labute approximate surface area is 110 Å². The summed E-state index contributed by atoms with van der Waals surface area (Å²) in [6.45, 7) is 3.23. The number of hydrogen-bond donors (Lipinski definition) is 0. The molecule has 0 radical (unpaired) electrons. The van der Waals surface area contributed by atoms with Crippen LogP contribution in [0, 0.1) is 5.92 Å². The number of pyridine rings is 1. The van der Waals surface area contributed by atoms with Gasteiger partial charge in [0.25, 0.3) is 0 Å². The molecular formula is C12H16BrClN2. The number of likely N-dealkylation sites (tertiary alicyclic amines) is 1. The first-order valence-corrected chi connectivity index (χ1v) is 6.99. The summed E-state index contributed by atoms with van der Waals surface area (Å²) in [5.74, 6) is 1.44. The van der Waals surface area contributed by atoms with Gasteiger partial charge in [0.05, 0.1) is 5.69 Å². The van der Waals surface area contributed by atoms with Crippen molar-refractivity contribution in [1.82, 2.24) is 9.88 Å². The molecule has 0 spiro atoms. The molecule has 1 saturated heterocycles. The molecule has 1 aliphatic heterocycles. The van der Waals surface area contributed by atoms with Crippen LogP contribution in [0.25, 0.3) is 0 Å². The molecule has 1 aromatic heterocycles. The Kier molecular flexibility index (Phi) is 4.62. The molecule has 2 nitrogen and oxygen atoms in total. The molecule has 0 N–H and O–H groups in total. The first-order valence-electron chi connectivity index (χ1n) is 5.66. The first-order chi connectivity index (χ1) is 7.78. The topological polar surface area (TPSA) is 16.1 Å². The van der Waals surface area contributed by atoms with E-state index in [4.69, 9.17) is 11.6 Å². The van der Waals surface area contributed by atoms with Gasteiger partial charge in [-0.15, -0.1) is 11.6 Å². The Morgan fingerprint density at radius 1 is 1.50 bits per heavy atom. The summed E-state index contributed by atoms with van der Waals surface area (Å²) in [5, 5.41) is 0. The van der Waals surface area contributed by atoms with E-state index in [1.807, 2.05) is 12.3 Å². The zero-order valence-corrected chi connectivity index (χ0v) is 11.5. The van der Waals surface area contributed by atoms with Crippen molar-refractivity contribution in [1.29, 1.82) is 0 Å². The van der Waals surface area contributed by atoms with Gasteiger partial charge in [-0.25, -0.2) is 0 Å². The second kappa shape index (κ2) is 5.99. The molecule has 0 amide bonds. The molecule has 1 aromatic rings. The van der Waals surface area contributed by atoms with Crippen molar-refractivity contribution in [2.75, 3.05) is 19.0 Å². The third-order valence-corrected chi connectivity index (χ3v) is 3.90. The molecule has 0 aromatic carbocycles. The van der Waals surface area contributed by atoms with Gasteiger partial charge in [-0.05, 0) is 53.4 Å². The minimum Gasteiger partial charge on any atom is -0.297 e. The van der Waals surface area contributed by atoms with Gasteiger partial charge in [-0.3, -0.25) is 9.88 Å². The Balaban J connectivity index is 1.91. The maximum Gasteiger partial charge on any atom is 0.0544 e. The normalized spacial score (nSPS) is 22.2. The highest BCUT2D eigenvalue weighted by Gasteiger charge is 2.19. The van der Waals surface area contributed by atoms with Crippen LogP contribution in [-0.2, 0) is 6.54 Å². The van der Waals surface area contributed by atoms with Crippen LogP contribution in [0.1, 0.15) is 18.5 Å². The van der Waals surface area contributed by atoms with Crippen molar-refractivity contribution in [3.8, 4) is 0 Å². The molecule has 16 heavy (non-hydrogen) atoms. The van der Waals surface area contributed by atoms with Crippen molar-refractivity contribution < 1.29 is 0 Å². The van der Waals surface area contributed by atoms with Crippen molar-refractivity contribution in [3.05, 3.63) is 28.5 Å². The molecule has 4 heteroatoms. The molecule has 88 valence electrons. The average molecular weight is 304 g/mol. The number of nitrogens with zero attached hydrogens (tertiary/aromatic N) is 2. The highest BCUT2D eigenvalue weighted by Crippen LogP contribution is 2.19. The zero-order chi connectivity index (χ0) is 11.4. The molecule has 1 aliphatic rings. The van der Waals surface area contributed by atoms with Crippen LogP contribution in [0.15, 0.2) is 22.8 Å². The van der Waals surface area contributed by atoms with Crippen LogP contribution in [0.5, 0.6) is 0 Å². The van der Waals surface area contributed by atoms with Gasteiger partial charge in [0, 0.05) is 29.6 Å². The summed E-state index contributed by atoms with van der Waals surface area (Å²) in [5.41, 5.74) is 1.14. The van der Waals surface area contributed by atoms with E-state index in [-0.39, 0.29) is 0 Å². The largest absolute Gasteiger partial charge is 0.297 e. The molecule has 0 saturated carbocycles. The Hall–Kier alpha value is -0.120. The van der Waals surface area contributed by atoms with Gasteiger partial charge in [0.1, 0.15) is 0 Å². The third-order valence-electron chi connectivity index (χ3n) is 3.00. The predicted molar refractivity (Wildman–Crippen MR) is 70.7 cm³/mol. The van der Waals surface area contributed by atoms with Crippen LogP contribution in [0.2, 0.25) is 0 Å². The monoisotopic (exact) mass is 302 g/mol. The van der Waals surface area contributed by atoms with E-state index in [9.17, 15) is 0 Å². The van der Waals surface area contributed by atoms with E-state index in [0.717, 1.165) is 29.1 Å². The molecule has 2 rings (SSSR count). The van der Waals surface area contributed by atoms with Crippen molar-refractivity contribution in [3.63, 3.8) is 0 Å². The lowest BCUT2D eigenvalue weighted by Gasteiger charge is -2.31. The fraction of sp³-hybridized carbons (Fsp3) is 0.583. The lowest BCUT2D eigenvalue weighted by atomic mass is 10.00. The minimum absolute atomic E-state index is 0.658. The summed E-state index contributed by atoms with van der Waals surface area (Å²) < 4.78 is 1.04. The van der Waals surface area contributed by atoms with Gasteiger partial charge >= 0.3 is 0 Å². The van der Waals surface area contributed by atoms with Gasteiger partial charge < -0.3 is 0 Å². The lowest BCUT2D eigenvalue weighted by molar-refractivity contribution is 0.176. The standard InChI is InChI=1S/C12H16BrClN2/c13-11-3-4-12(15-7-11)9-16-5-1-2-10(6-14)8-16/h3-4,7,10H,1-2,5-6,8-9H2. The maximum absolute atomic E-state index is 5.92. The maximum atomic E-state index is 5.92. The number of rotatable bonds is 3. The smallest absolute Gasteiger partial charge is 0.0544 e. The van der Waals surface area contributed by atoms with E-state index >= 15 is 0 Å². The van der Waals surface area contributed by atoms with Gasteiger partial charge in [-0.2, -0.15) is 0 Å². The molecule has 1 atom stereocenters. The summed E-state index contributed by atoms with van der Waals surface area (Å²) in [7, 11) is 0. The second-order valence-corrected chi connectivity index (χ2v) is 5.59. The van der Waals surface area contributed by atoms with Crippen molar-refractivity contribution in [2.45, 2.75) is 19.4 Å². The Morgan fingerprint density at radius 3 is 3.06 bits per heavy atom. The van der Waals surface area contributed by atoms with E-state index < -0.39 is 0 Å². The Morgan fingerprint density at radius 2 is 2.38 bits per heavy atom. The van der Waals surface area contributed by atoms with Crippen molar-refractivity contribution >= 4 is 27.5 Å². The molecule has 2 heterocycles. The fourth-order valence-electron chi connectivity index (χ4n) is 2.15.